The third-order valence-corrected chi connectivity index (χ3v) is 7.25. The average molecular weight is 539 g/mol. The summed E-state index contributed by atoms with van der Waals surface area (Å²) in [6, 6.07) is 2.49. The Kier molecular flexibility index (Phi) is 7.57. The molecule has 3 heterocycles. The molecule has 2 aliphatic heterocycles. The fraction of sp³-hybridized carbons (Fsp3) is 0.615. The highest BCUT2D eigenvalue weighted by Crippen LogP contribution is 2.54. The molecule has 1 amide bonds. The van der Waals surface area contributed by atoms with Crippen LogP contribution in [-0.4, -0.2) is 70.4 Å². The molecule has 1 unspecified atom stereocenters. The fourth-order valence-electron chi connectivity index (χ4n) is 5.90. The number of benzene rings is 1. The van der Waals surface area contributed by atoms with Gasteiger partial charge in [-0.05, 0) is 63.4 Å². The van der Waals surface area contributed by atoms with E-state index in [2.05, 4.69) is 46.2 Å². The third-order valence-electron chi connectivity index (χ3n) is 7.25. The molecule has 0 aliphatic carbocycles. The van der Waals surface area contributed by atoms with Crippen molar-refractivity contribution in [3.05, 3.63) is 35.9 Å². The van der Waals surface area contributed by atoms with Crippen LogP contribution in [0.5, 0.6) is 11.6 Å². The predicted octanol–water partition coefficient (Wildman–Crippen LogP) is 4.82. The number of amides is 1. The van der Waals surface area contributed by atoms with E-state index in [1.165, 1.54) is 26.2 Å². The van der Waals surface area contributed by atoms with E-state index in [-0.39, 0.29) is 34.1 Å². The molecule has 2 fully saturated rings. The Morgan fingerprint density at radius 1 is 1.24 bits per heavy atom. The number of carbonyl (C=O) groups excluding carboxylic acids is 1. The molecular weight excluding hydrogens is 504 g/mol. The van der Waals surface area contributed by atoms with Crippen molar-refractivity contribution >= 4 is 11.7 Å². The molecule has 4 rings (SSSR count). The molecule has 0 saturated carbocycles. The van der Waals surface area contributed by atoms with Crippen LogP contribution in [0.4, 0.5) is 23.4 Å². The summed E-state index contributed by atoms with van der Waals surface area (Å²) in [6.07, 6.45) is -1.29. The Bertz CT molecular complexity index is 1160. The van der Waals surface area contributed by atoms with Gasteiger partial charge >= 0.3 is 6.18 Å². The fourth-order valence-corrected chi connectivity index (χ4v) is 5.90. The maximum atomic E-state index is 14.2. The zero-order valence-electron chi connectivity index (χ0n) is 22.3. The molecule has 1 N–H and O–H groups in total. The zero-order chi connectivity index (χ0) is 27.9. The molecule has 1 aromatic heterocycles. The minimum Gasteiger partial charge on any atom is -0.434 e. The molecule has 208 valence electrons. The molecule has 8 nitrogen and oxygen atoms in total. The molecule has 2 aliphatic rings. The van der Waals surface area contributed by atoms with Crippen LogP contribution in [0.3, 0.4) is 0 Å². The SMILES string of the molecule is CC(C)N(CC(F)(F)F)C(=O)c1cc(F)ccc1Oc1nncnc1N1CC2(CCNCC2)C1C(C)(C)C. The summed E-state index contributed by atoms with van der Waals surface area (Å²) in [5.41, 5.74) is -0.354. The number of ether oxygens (including phenoxy) is 1. The normalized spacial score (nSPS) is 19.4. The van der Waals surface area contributed by atoms with Crippen molar-refractivity contribution in [2.75, 3.05) is 31.1 Å². The lowest BCUT2D eigenvalue weighted by molar-refractivity contribution is -0.143. The summed E-state index contributed by atoms with van der Waals surface area (Å²) in [6.45, 7) is 10.5. The van der Waals surface area contributed by atoms with Gasteiger partial charge in [0.25, 0.3) is 11.8 Å². The second-order valence-electron chi connectivity index (χ2n) is 11.5. The Balaban J connectivity index is 1.68. The summed E-state index contributed by atoms with van der Waals surface area (Å²) in [4.78, 5) is 20.4. The molecule has 1 aromatic carbocycles. The van der Waals surface area contributed by atoms with Crippen LogP contribution in [-0.2, 0) is 0 Å². The van der Waals surface area contributed by atoms with E-state index in [4.69, 9.17) is 4.74 Å². The highest BCUT2D eigenvalue weighted by Gasteiger charge is 2.58. The van der Waals surface area contributed by atoms with Crippen molar-refractivity contribution in [2.24, 2.45) is 10.8 Å². The van der Waals surface area contributed by atoms with Crippen LogP contribution in [0.2, 0.25) is 0 Å². The van der Waals surface area contributed by atoms with Crippen molar-refractivity contribution in [1.82, 2.24) is 25.4 Å². The summed E-state index contributed by atoms with van der Waals surface area (Å²) >= 11 is 0. The van der Waals surface area contributed by atoms with E-state index >= 15 is 0 Å². The molecule has 1 spiro atoms. The minimum atomic E-state index is -4.62. The van der Waals surface area contributed by atoms with Gasteiger partial charge in [0.05, 0.1) is 5.56 Å². The van der Waals surface area contributed by atoms with E-state index in [0.29, 0.717) is 10.7 Å². The molecule has 0 radical (unpaired) electrons. The van der Waals surface area contributed by atoms with E-state index < -0.39 is 30.5 Å². The van der Waals surface area contributed by atoms with Crippen LogP contribution in [0.1, 0.15) is 57.8 Å². The predicted molar refractivity (Wildman–Crippen MR) is 134 cm³/mol. The number of hydrogen-bond acceptors (Lipinski definition) is 7. The number of hydrogen-bond donors (Lipinski definition) is 1. The first-order chi connectivity index (χ1) is 17.7. The van der Waals surface area contributed by atoms with Gasteiger partial charge < -0.3 is 19.9 Å². The molecule has 0 bridgehead atoms. The number of rotatable bonds is 6. The van der Waals surface area contributed by atoms with Crippen molar-refractivity contribution in [2.45, 2.75) is 65.7 Å². The van der Waals surface area contributed by atoms with E-state index in [1.807, 2.05) is 0 Å². The molecular formula is C26H34F4N6O2. The van der Waals surface area contributed by atoms with Gasteiger partial charge in [-0.15, -0.1) is 10.2 Å². The van der Waals surface area contributed by atoms with Gasteiger partial charge in [0, 0.05) is 24.0 Å². The molecule has 12 heteroatoms. The van der Waals surface area contributed by atoms with Crippen LogP contribution in [0.15, 0.2) is 24.5 Å². The summed E-state index contributed by atoms with van der Waals surface area (Å²) in [5, 5.41) is 11.4. The number of nitrogens with zero attached hydrogens (tertiary/aromatic N) is 5. The first-order valence-corrected chi connectivity index (χ1v) is 12.7. The standard InChI is InChI=1S/C26H34F4N6O2/c1-16(2)35(14-26(28,29)30)22(37)18-12-17(27)6-7-19(18)38-21-20(32-15-33-34-21)36-13-25(8-10-31-11-9-25)23(36)24(3,4)5/h6-7,12,15-16,23,31H,8-11,13-14H2,1-5H3. The number of nitrogens with one attached hydrogen (secondary N) is 1. The van der Waals surface area contributed by atoms with E-state index in [9.17, 15) is 22.4 Å². The number of piperidine rings is 1. The third kappa shape index (κ3) is 5.69. The Morgan fingerprint density at radius 3 is 2.53 bits per heavy atom. The van der Waals surface area contributed by atoms with E-state index in [0.717, 1.165) is 44.6 Å². The number of carbonyl (C=O) groups is 1. The number of halogens is 4. The largest absolute Gasteiger partial charge is 0.434 e. The van der Waals surface area contributed by atoms with Gasteiger partial charge in [0.2, 0.25) is 0 Å². The minimum absolute atomic E-state index is 0.00175. The smallest absolute Gasteiger partial charge is 0.406 e. The molecule has 1 atom stereocenters. The Hall–Kier alpha value is -3.02. The van der Waals surface area contributed by atoms with Gasteiger partial charge in [-0.1, -0.05) is 20.8 Å². The first kappa shape index (κ1) is 28.0. The maximum absolute atomic E-state index is 14.2. The first-order valence-electron chi connectivity index (χ1n) is 12.7. The summed E-state index contributed by atoms with van der Waals surface area (Å²) in [7, 11) is 0. The van der Waals surface area contributed by atoms with Crippen LogP contribution >= 0.6 is 0 Å². The molecule has 38 heavy (non-hydrogen) atoms. The number of aromatic nitrogens is 3. The van der Waals surface area contributed by atoms with Gasteiger partial charge in [0.15, 0.2) is 5.82 Å². The van der Waals surface area contributed by atoms with Crippen LogP contribution in [0, 0.1) is 16.6 Å². The maximum Gasteiger partial charge on any atom is 0.406 e. The second-order valence-corrected chi connectivity index (χ2v) is 11.5. The quantitative estimate of drug-likeness (QED) is 0.528. The van der Waals surface area contributed by atoms with Gasteiger partial charge in [-0.2, -0.15) is 13.2 Å². The lowest BCUT2D eigenvalue weighted by atomic mass is 9.58. The topological polar surface area (TPSA) is 83.5 Å². The lowest BCUT2D eigenvalue weighted by Crippen LogP contribution is -2.71. The van der Waals surface area contributed by atoms with Crippen molar-refractivity contribution in [1.29, 1.82) is 0 Å². The van der Waals surface area contributed by atoms with Gasteiger partial charge in [0.1, 0.15) is 24.4 Å². The van der Waals surface area contributed by atoms with Gasteiger partial charge in [-0.3, -0.25) is 4.79 Å². The lowest BCUT2D eigenvalue weighted by Gasteiger charge is -2.64. The highest BCUT2D eigenvalue weighted by molar-refractivity contribution is 5.97. The summed E-state index contributed by atoms with van der Waals surface area (Å²) < 4.78 is 59.8. The van der Waals surface area contributed by atoms with Crippen molar-refractivity contribution in [3.63, 3.8) is 0 Å². The monoisotopic (exact) mass is 538 g/mol. The number of anilines is 1. The van der Waals surface area contributed by atoms with Crippen molar-refractivity contribution < 1.29 is 27.1 Å². The van der Waals surface area contributed by atoms with E-state index in [1.54, 1.807) is 0 Å². The van der Waals surface area contributed by atoms with Crippen LogP contribution < -0.4 is 15.0 Å². The second kappa shape index (κ2) is 10.3. The Morgan fingerprint density at radius 2 is 1.92 bits per heavy atom. The highest BCUT2D eigenvalue weighted by atomic mass is 19.4. The molecule has 2 aromatic rings. The summed E-state index contributed by atoms with van der Waals surface area (Å²) in [5.74, 6) is -1.49. The van der Waals surface area contributed by atoms with Crippen molar-refractivity contribution in [3.8, 4) is 11.6 Å². The zero-order valence-corrected chi connectivity index (χ0v) is 22.3. The molecule has 2 saturated heterocycles. The number of alkyl halides is 3. The average Bonchev–Trinajstić information content (AvgIpc) is 2.81. The van der Waals surface area contributed by atoms with Crippen LogP contribution in [0.25, 0.3) is 0 Å². The van der Waals surface area contributed by atoms with Gasteiger partial charge in [-0.25, -0.2) is 9.37 Å². The Labute approximate surface area is 219 Å².